The summed E-state index contributed by atoms with van der Waals surface area (Å²) in [5.74, 6) is -2.15. The second-order valence-corrected chi connectivity index (χ2v) is 6.34. The molecule has 25 heavy (non-hydrogen) atoms. The first-order chi connectivity index (χ1) is 11.8. The molecule has 0 spiro atoms. The molecule has 0 unspecified atom stereocenters. The van der Waals surface area contributed by atoms with E-state index < -0.39 is 23.6 Å². The molecule has 0 bridgehead atoms. The first kappa shape index (κ1) is 18.8. The molecule has 0 radical (unpaired) electrons. The molecule has 2 aromatic rings. The fraction of sp³-hybridized carbons (Fsp3) is 0.312. The van der Waals surface area contributed by atoms with Gasteiger partial charge in [-0.05, 0) is 26.0 Å². The van der Waals surface area contributed by atoms with Crippen molar-refractivity contribution < 1.29 is 23.1 Å². The molecule has 9 heteroatoms. The fourth-order valence-electron chi connectivity index (χ4n) is 1.99. The van der Waals surface area contributed by atoms with Gasteiger partial charge in [-0.3, -0.25) is 0 Å². The van der Waals surface area contributed by atoms with Crippen molar-refractivity contribution in [1.82, 2.24) is 9.88 Å². The quantitative estimate of drug-likeness (QED) is 0.817. The average molecular weight is 369 g/mol. The number of thiazole rings is 1. The smallest absolute Gasteiger partial charge is 0.357 e. The van der Waals surface area contributed by atoms with Crippen LogP contribution in [0.2, 0.25) is 0 Å². The van der Waals surface area contributed by atoms with Crippen molar-refractivity contribution in [1.29, 1.82) is 0 Å². The number of aromatic nitrogens is 1. The van der Waals surface area contributed by atoms with Crippen LogP contribution in [0.5, 0.6) is 0 Å². The van der Waals surface area contributed by atoms with E-state index in [-0.39, 0.29) is 24.0 Å². The second kappa shape index (κ2) is 8.02. The highest BCUT2D eigenvalue weighted by molar-refractivity contribution is 7.09. The molecule has 0 aliphatic rings. The minimum atomic E-state index is -0.862. The van der Waals surface area contributed by atoms with Crippen molar-refractivity contribution in [2.24, 2.45) is 0 Å². The monoisotopic (exact) mass is 369 g/mol. The predicted octanol–water partition coefficient (Wildman–Crippen LogP) is 3.65. The van der Waals surface area contributed by atoms with Crippen LogP contribution in [0.3, 0.4) is 0 Å². The van der Waals surface area contributed by atoms with Gasteiger partial charge in [0.25, 0.3) is 0 Å². The molecule has 2 rings (SSSR count). The van der Waals surface area contributed by atoms with Gasteiger partial charge in [-0.25, -0.2) is 23.4 Å². The summed E-state index contributed by atoms with van der Waals surface area (Å²) in [4.78, 5) is 29.4. The lowest BCUT2D eigenvalue weighted by molar-refractivity contribution is 0.0594. The lowest BCUT2D eigenvalue weighted by Gasteiger charge is -2.26. The van der Waals surface area contributed by atoms with Gasteiger partial charge in [0.2, 0.25) is 0 Å². The first-order valence-corrected chi connectivity index (χ1v) is 8.25. The van der Waals surface area contributed by atoms with Crippen molar-refractivity contribution in [3.05, 3.63) is 45.9 Å². The minimum absolute atomic E-state index is 0.119. The van der Waals surface area contributed by atoms with E-state index in [1.807, 2.05) is 0 Å². The van der Waals surface area contributed by atoms with Crippen LogP contribution in [0.25, 0.3) is 0 Å². The lowest BCUT2D eigenvalue weighted by Crippen LogP contribution is -2.39. The van der Waals surface area contributed by atoms with Crippen molar-refractivity contribution >= 4 is 29.0 Å². The van der Waals surface area contributed by atoms with Crippen LogP contribution in [0.15, 0.2) is 23.6 Å². The van der Waals surface area contributed by atoms with Gasteiger partial charge in [-0.15, -0.1) is 11.3 Å². The Morgan fingerprint density at radius 1 is 1.36 bits per heavy atom. The summed E-state index contributed by atoms with van der Waals surface area (Å²) in [7, 11) is 1.26. The van der Waals surface area contributed by atoms with E-state index >= 15 is 0 Å². The van der Waals surface area contributed by atoms with Crippen LogP contribution < -0.4 is 5.32 Å². The Morgan fingerprint density at radius 2 is 2.08 bits per heavy atom. The van der Waals surface area contributed by atoms with Gasteiger partial charge in [0.15, 0.2) is 5.69 Å². The lowest BCUT2D eigenvalue weighted by atomic mass is 10.3. The van der Waals surface area contributed by atoms with Crippen molar-refractivity contribution in [2.75, 3.05) is 12.4 Å². The summed E-state index contributed by atoms with van der Waals surface area (Å²) in [5, 5.41) is 4.48. The van der Waals surface area contributed by atoms with Crippen LogP contribution in [0.1, 0.15) is 29.3 Å². The zero-order valence-corrected chi connectivity index (χ0v) is 14.7. The third-order valence-electron chi connectivity index (χ3n) is 3.31. The highest BCUT2D eigenvalue weighted by atomic mass is 32.1. The molecule has 0 aliphatic carbocycles. The van der Waals surface area contributed by atoms with Crippen molar-refractivity contribution in [3.63, 3.8) is 0 Å². The maximum Gasteiger partial charge on any atom is 0.357 e. The normalized spacial score (nSPS) is 10.6. The summed E-state index contributed by atoms with van der Waals surface area (Å²) in [6, 6.07) is 2.13. The SMILES string of the molecule is COC(=O)c1csc(CN(C(=O)Nc2ccc(F)cc2F)C(C)C)n1. The Labute approximate surface area is 147 Å². The Hall–Kier alpha value is -2.55. The molecule has 1 N–H and O–H groups in total. The minimum Gasteiger partial charge on any atom is -0.464 e. The van der Waals surface area contributed by atoms with E-state index in [1.54, 1.807) is 13.8 Å². The number of halogens is 2. The number of hydrogen-bond donors (Lipinski definition) is 1. The Kier molecular flexibility index (Phi) is 6.02. The number of carbonyl (C=O) groups excluding carboxylic acids is 2. The van der Waals surface area contributed by atoms with E-state index in [9.17, 15) is 18.4 Å². The van der Waals surface area contributed by atoms with Crippen LogP contribution >= 0.6 is 11.3 Å². The number of ether oxygens (including phenoxy) is 1. The summed E-state index contributed by atoms with van der Waals surface area (Å²) < 4.78 is 31.2. The number of urea groups is 1. The van der Waals surface area contributed by atoms with Gasteiger partial charge < -0.3 is 15.0 Å². The Morgan fingerprint density at radius 3 is 2.68 bits per heavy atom. The van der Waals surface area contributed by atoms with Crippen LogP contribution in [0, 0.1) is 11.6 Å². The molecule has 1 heterocycles. The predicted molar refractivity (Wildman–Crippen MR) is 89.5 cm³/mol. The standard InChI is InChI=1S/C16H17F2N3O3S/c1-9(2)21(7-14-19-13(8-25-14)15(22)24-3)16(23)20-12-5-4-10(17)6-11(12)18/h4-6,8-9H,7H2,1-3H3,(H,20,23). The average Bonchev–Trinajstić information content (AvgIpc) is 3.02. The largest absolute Gasteiger partial charge is 0.464 e. The van der Waals surface area contributed by atoms with Crippen LogP contribution in [-0.2, 0) is 11.3 Å². The van der Waals surface area contributed by atoms with E-state index in [4.69, 9.17) is 0 Å². The second-order valence-electron chi connectivity index (χ2n) is 5.39. The molecule has 0 aliphatic heterocycles. The molecular formula is C16H17F2N3O3S. The molecule has 1 aromatic heterocycles. The number of rotatable bonds is 5. The van der Waals surface area contributed by atoms with Crippen LogP contribution in [0.4, 0.5) is 19.3 Å². The maximum absolute atomic E-state index is 13.7. The number of esters is 1. The molecule has 1 aromatic carbocycles. The van der Waals surface area contributed by atoms with Gasteiger partial charge >= 0.3 is 12.0 Å². The highest BCUT2D eigenvalue weighted by Gasteiger charge is 2.21. The van der Waals surface area contributed by atoms with Crippen LogP contribution in [-0.4, -0.2) is 35.0 Å². The maximum atomic E-state index is 13.7. The molecular weight excluding hydrogens is 352 g/mol. The Balaban J connectivity index is 2.13. The molecule has 0 saturated heterocycles. The molecule has 0 fully saturated rings. The number of anilines is 1. The number of benzene rings is 1. The molecule has 0 atom stereocenters. The van der Waals surface area contributed by atoms with E-state index in [2.05, 4.69) is 15.0 Å². The van der Waals surface area contributed by atoms with Gasteiger partial charge in [0, 0.05) is 17.5 Å². The van der Waals surface area contributed by atoms with Crippen molar-refractivity contribution in [3.8, 4) is 0 Å². The molecule has 2 amide bonds. The zero-order valence-electron chi connectivity index (χ0n) is 13.9. The fourth-order valence-corrected chi connectivity index (χ4v) is 2.76. The summed E-state index contributed by atoms with van der Waals surface area (Å²) in [6.07, 6.45) is 0. The van der Waals surface area contributed by atoms with Gasteiger partial charge in [-0.1, -0.05) is 0 Å². The molecule has 6 nitrogen and oxygen atoms in total. The third-order valence-corrected chi connectivity index (χ3v) is 4.14. The summed E-state index contributed by atoms with van der Waals surface area (Å²) in [5.41, 5.74) is 0.0441. The summed E-state index contributed by atoms with van der Waals surface area (Å²) >= 11 is 1.21. The molecule has 134 valence electrons. The topological polar surface area (TPSA) is 71.5 Å². The van der Waals surface area contributed by atoms with Crippen molar-refractivity contribution in [2.45, 2.75) is 26.4 Å². The number of nitrogens with one attached hydrogen (secondary N) is 1. The first-order valence-electron chi connectivity index (χ1n) is 7.37. The number of nitrogens with zero attached hydrogens (tertiary/aromatic N) is 2. The number of carbonyl (C=O) groups is 2. The zero-order chi connectivity index (χ0) is 18.6. The summed E-state index contributed by atoms with van der Waals surface area (Å²) in [6.45, 7) is 3.71. The number of amides is 2. The third kappa shape index (κ3) is 4.72. The van der Waals surface area contributed by atoms with Gasteiger partial charge in [-0.2, -0.15) is 0 Å². The number of hydrogen-bond acceptors (Lipinski definition) is 5. The van der Waals surface area contributed by atoms with E-state index in [0.717, 1.165) is 12.1 Å². The van der Waals surface area contributed by atoms with E-state index in [0.29, 0.717) is 11.1 Å². The number of methoxy groups -OCH3 is 1. The van der Waals surface area contributed by atoms with E-state index in [1.165, 1.54) is 28.7 Å². The van der Waals surface area contributed by atoms with Gasteiger partial charge in [0.05, 0.1) is 19.3 Å². The highest BCUT2D eigenvalue weighted by Crippen LogP contribution is 2.19. The van der Waals surface area contributed by atoms with Gasteiger partial charge in [0.1, 0.15) is 16.6 Å². The Bertz CT molecular complexity index is 780. The molecule has 0 saturated carbocycles.